The van der Waals surface area contributed by atoms with E-state index in [1.165, 1.54) is 6.92 Å². The first-order valence-electron chi connectivity index (χ1n) is 5.38. The zero-order valence-corrected chi connectivity index (χ0v) is 11.0. The number of carbonyl (C=O) groups excluding carboxylic acids is 2. The fourth-order valence-electron chi connectivity index (χ4n) is 1.22. The molecule has 0 bridgehead atoms. The summed E-state index contributed by atoms with van der Waals surface area (Å²) in [7, 11) is 0. The highest BCUT2D eigenvalue weighted by Gasteiger charge is 2.15. The van der Waals surface area contributed by atoms with Crippen LogP contribution in [-0.4, -0.2) is 16.8 Å². The summed E-state index contributed by atoms with van der Waals surface area (Å²) in [4.78, 5) is 22.7. The molecule has 0 aliphatic carbocycles. The Balaban J connectivity index is 2.66. The quantitative estimate of drug-likeness (QED) is 0.720. The van der Waals surface area contributed by atoms with Gasteiger partial charge in [-0.25, -0.2) is 0 Å². The van der Waals surface area contributed by atoms with E-state index in [2.05, 4.69) is 10.6 Å². The molecule has 1 rings (SSSR count). The Morgan fingerprint density at radius 1 is 1.17 bits per heavy atom. The SMILES string of the molecule is CC(=O)Nc1ccc(NC(=O)C(C)C(N)=S)cc1. The molecule has 0 aliphatic heterocycles. The Bertz CT molecular complexity index is 471. The summed E-state index contributed by atoms with van der Waals surface area (Å²) in [5.74, 6) is -0.918. The fourth-order valence-corrected chi connectivity index (χ4v) is 1.33. The number of anilines is 2. The highest BCUT2D eigenvalue weighted by molar-refractivity contribution is 7.80. The molecule has 0 fully saturated rings. The van der Waals surface area contributed by atoms with Gasteiger partial charge in [0.05, 0.1) is 10.9 Å². The topological polar surface area (TPSA) is 84.2 Å². The van der Waals surface area contributed by atoms with Crippen molar-refractivity contribution in [2.75, 3.05) is 10.6 Å². The molecule has 0 heterocycles. The molecule has 5 nitrogen and oxygen atoms in total. The maximum absolute atomic E-state index is 11.7. The zero-order chi connectivity index (χ0) is 13.7. The molecule has 0 saturated carbocycles. The third-order valence-corrected chi connectivity index (χ3v) is 2.65. The monoisotopic (exact) mass is 265 g/mol. The Kier molecular flexibility index (Phi) is 4.79. The summed E-state index contributed by atoms with van der Waals surface area (Å²) in [6.07, 6.45) is 0. The second kappa shape index (κ2) is 6.11. The molecule has 0 saturated heterocycles. The largest absolute Gasteiger partial charge is 0.393 e. The van der Waals surface area contributed by atoms with Gasteiger partial charge in [-0.05, 0) is 31.2 Å². The standard InChI is InChI=1S/C12H15N3O2S/c1-7(11(13)18)12(17)15-10-5-3-9(4-6-10)14-8(2)16/h3-7H,1-2H3,(H2,13,18)(H,14,16)(H,15,17). The molecular weight excluding hydrogens is 250 g/mol. The lowest BCUT2D eigenvalue weighted by atomic mass is 10.1. The molecule has 0 aliphatic rings. The maximum atomic E-state index is 11.7. The summed E-state index contributed by atoms with van der Waals surface area (Å²) in [6, 6.07) is 6.77. The van der Waals surface area contributed by atoms with E-state index < -0.39 is 5.92 Å². The number of nitrogens with one attached hydrogen (secondary N) is 2. The molecule has 1 unspecified atom stereocenters. The van der Waals surface area contributed by atoms with Crippen LogP contribution in [0.25, 0.3) is 0 Å². The van der Waals surface area contributed by atoms with E-state index >= 15 is 0 Å². The van der Waals surface area contributed by atoms with Crippen LogP contribution in [-0.2, 0) is 9.59 Å². The minimum atomic E-state index is -0.518. The van der Waals surface area contributed by atoms with Crippen molar-refractivity contribution in [3.8, 4) is 0 Å². The van der Waals surface area contributed by atoms with Gasteiger partial charge in [-0.15, -0.1) is 0 Å². The van der Waals surface area contributed by atoms with Gasteiger partial charge in [-0.1, -0.05) is 12.2 Å². The molecule has 0 spiro atoms. The number of nitrogens with two attached hydrogens (primary N) is 1. The first-order chi connectivity index (χ1) is 8.40. The minimum Gasteiger partial charge on any atom is -0.393 e. The Morgan fingerprint density at radius 2 is 1.61 bits per heavy atom. The third-order valence-electron chi connectivity index (χ3n) is 2.29. The van der Waals surface area contributed by atoms with E-state index in [1.54, 1.807) is 31.2 Å². The smallest absolute Gasteiger partial charge is 0.234 e. The van der Waals surface area contributed by atoms with Gasteiger partial charge < -0.3 is 16.4 Å². The summed E-state index contributed by atoms with van der Waals surface area (Å²) < 4.78 is 0. The second-order valence-corrected chi connectivity index (χ2v) is 4.34. The number of hydrogen-bond donors (Lipinski definition) is 3. The highest BCUT2D eigenvalue weighted by Crippen LogP contribution is 2.14. The summed E-state index contributed by atoms with van der Waals surface area (Å²) in [5, 5.41) is 5.32. The number of thiocarbonyl (C=S) groups is 1. The Morgan fingerprint density at radius 3 is 2.00 bits per heavy atom. The van der Waals surface area contributed by atoms with E-state index in [-0.39, 0.29) is 16.8 Å². The van der Waals surface area contributed by atoms with E-state index in [9.17, 15) is 9.59 Å². The van der Waals surface area contributed by atoms with Gasteiger partial charge in [0.25, 0.3) is 0 Å². The van der Waals surface area contributed by atoms with Crippen molar-refractivity contribution in [1.29, 1.82) is 0 Å². The molecule has 18 heavy (non-hydrogen) atoms. The van der Waals surface area contributed by atoms with Crippen molar-refractivity contribution < 1.29 is 9.59 Å². The van der Waals surface area contributed by atoms with Crippen LogP contribution in [0.15, 0.2) is 24.3 Å². The first kappa shape index (κ1) is 14.1. The first-order valence-corrected chi connectivity index (χ1v) is 5.79. The van der Waals surface area contributed by atoms with Gasteiger partial charge in [0.1, 0.15) is 0 Å². The van der Waals surface area contributed by atoms with Crippen LogP contribution in [0.5, 0.6) is 0 Å². The Labute approximate surface area is 111 Å². The minimum absolute atomic E-state index is 0.145. The molecule has 1 aromatic rings. The van der Waals surface area contributed by atoms with E-state index in [4.69, 9.17) is 18.0 Å². The molecule has 6 heteroatoms. The summed E-state index contributed by atoms with van der Waals surface area (Å²) in [6.45, 7) is 3.07. The molecule has 1 aromatic carbocycles. The van der Waals surface area contributed by atoms with Crippen LogP contribution in [0.1, 0.15) is 13.8 Å². The van der Waals surface area contributed by atoms with Crippen molar-refractivity contribution in [1.82, 2.24) is 0 Å². The molecule has 0 aromatic heterocycles. The van der Waals surface area contributed by atoms with Crippen molar-refractivity contribution >= 4 is 40.4 Å². The number of hydrogen-bond acceptors (Lipinski definition) is 3. The van der Waals surface area contributed by atoms with Gasteiger partial charge >= 0.3 is 0 Å². The third kappa shape index (κ3) is 4.14. The number of rotatable bonds is 4. The number of benzene rings is 1. The molecule has 4 N–H and O–H groups in total. The van der Waals surface area contributed by atoms with Gasteiger partial charge in [0.15, 0.2) is 0 Å². The number of carbonyl (C=O) groups is 2. The van der Waals surface area contributed by atoms with Gasteiger partial charge in [0.2, 0.25) is 11.8 Å². The highest BCUT2D eigenvalue weighted by atomic mass is 32.1. The van der Waals surface area contributed by atoms with Crippen molar-refractivity contribution in [3.63, 3.8) is 0 Å². The van der Waals surface area contributed by atoms with Crippen molar-refractivity contribution in [2.24, 2.45) is 11.7 Å². The lowest BCUT2D eigenvalue weighted by molar-refractivity contribution is -0.117. The van der Waals surface area contributed by atoms with E-state index in [0.717, 1.165) is 0 Å². The van der Waals surface area contributed by atoms with E-state index in [0.29, 0.717) is 11.4 Å². The molecule has 96 valence electrons. The predicted molar refractivity (Wildman–Crippen MR) is 75.3 cm³/mol. The zero-order valence-electron chi connectivity index (χ0n) is 10.2. The normalized spacial score (nSPS) is 11.4. The van der Waals surface area contributed by atoms with Crippen molar-refractivity contribution in [2.45, 2.75) is 13.8 Å². The second-order valence-electron chi connectivity index (χ2n) is 3.87. The van der Waals surface area contributed by atoms with Crippen LogP contribution in [0.2, 0.25) is 0 Å². The van der Waals surface area contributed by atoms with Crippen LogP contribution in [0.4, 0.5) is 11.4 Å². The molecule has 0 radical (unpaired) electrons. The van der Waals surface area contributed by atoms with Gasteiger partial charge in [-0.2, -0.15) is 0 Å². The maximum Gasteiger partial charge on any atom is 0.234 e. The van der Waals surface area contributed by atoms with E-state index in [1.807, 2.05) is 0 Å². The average molecular weight is 265 g/mol. The van der Waals surface area contributed by atoms with Gasteiger partial charge in [0, 0.05) is 18.3 Å². The summed E-state index contributed by atoms with van der Waals surface area (Å²) >= 11 is 4.75. The molecule has 1 atom stereocenters. The van der Waals surface area contributed by atoms with Crippen LogP contribution >= 0.6 is 12.2 Å². The lowest BCUT2D eigenvalue weighted by Gasteiger charge is -2.11. The average Bonchev–Trinajstić information content (AvgIpc) is 2.29. The van der Waals surface area contributed by atoms with Crippen LogP contribution in [0, 0.1) is 5.92 Å². The fraction of sp³-hybridized carbons (Fsp3) is 0.250. The van der Waals surface area contributed by atoms with Crippen molar-refractivity contribution in [3.05, 3.63) is 24.3 Å². The van der Waals surface area contributed by atoms with Gasteiger partial charge in [-0.3, -0.25) is 9.59 Å². The summed E-state index contributed by atoms with van der Waals surface area (Å²) in [5.41, 5.74) is 6.68. The predicted octanol–water partition coefficient (Wildman–Crippen LogP) is 1.51. The molecular formula is C12H15N3O2S. The Hall–Kier alpha value is -1.95. The molecule has 2 amide bonds. The lowest BCUT2D eigenvalue weighted by Crippen LogP contribution is -2.30. The van der Waals surface area contributed by atoms with Crippen LogP contribution < -0.4 is 16.4 Å². The number of amides is 2. The van der Waals surface area contributed by atoms with Crippen LogP contribution in [0.3, 0.4) is 0 Å².